The number of alkyl halides is 1. The predicted octanol–water partition coefficient (Wildman–Crippen LogP) is 2.00. The summed E-state index contributed by atoms with van der Waals surface area (Å²) in [7, 11) is 0. The molecule has 0 aliphatic heterocycles. The number of unbranched alkanes of at least 4 members (excludes halogenated alkanes) is 2. The number of hydrogen-bond acceptors (Lipinski definition) is 2. The van der Waals surface area contributed by atoms with Gasteiger partial charge in [-0.15, -0.1) is 0 Å². The summed E-state index contributed by atoms with van der Waals surface area (Å²) in [5.41, 5.74) is 0.0728. The molecule has 1 heterocycles. The Hall–Kier alpha value is -0.610. The maximum Gasteiger partial charge on any atom is 0.250 e. The number of pyridine rings is 1. The van der Waals surface area contributed by atoms with Gasteiger partial charge in [0.1, 0.15) is 0 Å². The van der Waals surface area contributed by atoms with Gasteiger partial charge >= 0.3 is 0 Å². The van der Waals surface area contributed by atoms with Crippen molar-refractivity contribution < 1.29 is 0 Å². The van der Waals surface area contributed by atoms with Crippen LogP contribution in [0.15, 0.2) is 29.2 Å². The number of hydrogen-bond donors (Lipinski definition) is 1. The summed E-state index contributed by atoms with van der Waals surface area (Å²) in [4.78, 5) is 11.4. The molecule has 0 fully saturated rings. The summed E-state index contributed by atoms with van der Waals surface area (Å²) in [6, 6.07) is 5.25. The first kappa shape index (κ1) is 13.5. The number of halogens is 1. The van der Waals surface area contributed by atoms with Gasteiger partial charge in [-0.1, -0.05) is 28.4 Å². The summed E-state index contributed by atoms with van der Waals surface area (Å²) in [6.45, 7) is 2.64. The summed E-state index contributed by atoms with van der Waals surface area (Å²) >= 11 is 3.41. The number of rotatable bonds is 8. The van der Waals surface area contributed by atoms with Crippen LogP contribution in [0.2, 0.25) is 0 Å². The Balaban J connectivity index is 2.08. The van der Waals surface area contributed by atoms with Gasteiger partial charge in [0.05, 0.1) is 0 Å². The summed E-state index contributed by atoms with van der Waals surface area (Å²) < 4.78 is 1.73. The molecular weight excluding hydrogens is 268 g/mol. The van der Waals surface area contributed by atoms with Crippen LogP contribution in [-0.2, 0) is 6.54 Å². The fourth-order valence-electron chi connectivity index (χ4n) is 1.49. The van der Waals surface area contributed by atoms with Crippen LogP contribution in [0.4, 0.5) is 0 Å². The maximum absolute atomic E-state index is 11.4. The van der Waals surface area contributed by atoms with E-state index in [4.69, 9.17) is 0 Å². The smallest absolute Gasteiger partial charge is 0.250 e. The SMILES string of the molecule is O=c1ccccn1CCNCCCCCBr. The van der Waals surface area contributed by atoms with E-state index in [1.54, 1.807) is 16.7 Å². The van der Waals surface area contributed by atoms with Gasteiger partial charge in [-0.25, -0.2) is 0 Å². The van der Waals surface area contributed by atoms with Crippen molar-refractivity contribution in [2.24, 2.45) is 0 Å². The largest absolute Gasteiger partial charge is 0.315 e. The molecule has 0 aliphatic rings. The lowest BCUT2D eigenvalue weighted by atomic mass is 10.2. The molecular formula is C12H19BrN2O. The minimum absolute atomic E-state index is 0.0728. The lowest BCUT2D eigenvalue weighted by Gasteiger charge is -2.06. The van der Waals surface area contributed by atoms with E-state index in [9.17, 15) is 4.79 Å². The van der Waals surface area contributed by atoms with E-state index in [2.05, 4.69) is 21.2 Å². The first-order chi connectivity index (χ1) is 7.84. The van der Waals surface area contributed by atoms with Crippen LogP contribution in [0.1, 0.15) is 19.3 Å². The van der Waals surface area contributed by atoms with Crippen LogP contribution in [-0.4, -0.2) is 23.0 Å². The zero-order chi connectivity index (χ0) is 11.6. The van der Waals surface area contributed by atoms with Crippen LogP contribution in [0, 0.1) is 0 Å². The molecule has 1 aromatic rings. The molecule has 1 N–H and O–H groups in total. The quantitative estimate of drug-likeness (QED) is 0.586. The topological polar surface area (TPSA) is 34.0 Å². The average Bonchev–Trinajstić information content (AvgIpc) is 2.30. The molecule has 0 amide bonds. The van der Waals surface area contributed by atoms with Crippen LogP contribution in [0.5, 0.6) is 0 Å². The van der Waals surface area contributed by atoms with Crippen LogP contribution < -0.4 is 10.9 Å². The average molecular weight is 287 g/mol. The van der Waals surface area contributed by atoms with Crippen molar-refractivity contribution in [3.8, 4) is 0 Å². The monoisotopic (exact) mass is 286 g/mol. The second kappa shape index (κ2) is 8.53. The molecule has 0 atom stereocenters. The van der Waals surface area contributed by atoms with Crippen molar-refractivity contribution in [3.63, 3.8) is 0 Å². The third-order valence-electron chi connectivity index (χ3n) is 2.42. The number of nitrogens with zero attached hydrogens (tertiary/aromatic N) is 1. The highest BCUT2D eigenvalue weighted by Gasteiger charge is 1.93. The number of aromatic nitrogens is 1. The van der Waals surface area contributed by atoms with E-state index in [1.165, 1.54) is 19.3 Å². The third kappa shape index (κ3) is 5.47. The van der Waals surface area contributed by atoms with E-state index in [0.29, 0.717) is 0 Å². The molecule has 4 heteroatoms. The predicted molar refractivity (Wildman–Crippen MR) is 71.2 cm³/mol. The zero-order valence-corrected chi connectivity index (χ0v) is 11.1. The Kier molecular flexibility index (Phi) is 7.17. The standard InChI is InChI=1S/C12H19BrN2O/c13-7-3-1-4-8-14-9-11-15-10-5-2-6-12(15)16/h2,5-6,10,14H,1,3-4,7-9,11H2. The molecule has 0 unspecified atom stereocenters. The van der Waals surface area contributed by atoms with Crippen molar-refractivity contribution in [1.82, 2.24) is 9.88 Å². The van der Waals surface area contributed by atoms with E-state index >= 15 is 0 Å². The Morgan fingerprint density at radius 3 is 2.81 bits per heavy atom. The minimum Gasteiger partial charge on any atom is -0.315 e. The Morgan fingerprint density at radius 2 is 2.06 bits per heavy atom. The van der Waals surface area contributed by atoms with Gasteiger partial charge in [0.15, 0.2) is 0 Å². The summed E-state index contributed by atoms with van der Waals surface area (Å²) in [5, 5.41) is 4.43. The zero-order valence-electron chi connectivity index (χ0n) is 9.49. The van der Waals surface area contributed by atoms with Gasteiger partial charge in [-0.05, 0) is 25.5 Å². The fraction of sp³-hybridized carbons (Fsp3) is 0.583. The lowest BCUT2D eigenvalue weighted by Crippen LogP contribution is -2.26. The van der Waals surface area contributed by atoms with Crippen molar-refractivity contribution in [2.45, 2.75) is 25.8 Å². The molecule has 0 bridgehead atoms. The molecule has 0 saturated carbocycles. The summed E-state index contributed by atoms with van der Waals surface area (Å²) in [5.74, 6) is 0. The molecule has 0 spiro atoms. The third-order valence-corrected chi connectivity index (χ3v) is 2.98. The van der Waals surface area contributed by atoms with Crippen molar-refractivity contribution in [3.05, 3.63) is 34.7 Å². The van der Waals surface area contributed by atoms with Crippen molar-refractivity contribution >= 4 is 15.9 Å². The Morgan fingerprint density at radius 1 is 1.19 bits per heavy atom. The highest BCUT2D eigenvalue weighted by atomic mass is 79.9. The van der Waals surface area contributed by atoms with Gasteiger partial charge in [-0.2, -0.15) is 0 Å². The van der Waals surface area contributed by atoms with Gasteiger partial charge < -0.3 is 9.88 Å². The van der Waals surface area contributed by atoms with E-state index < -0.39 is 0 Å². The minimum atomic E-state index is 0.0728. The fourth-order valence-corrected chi connectivity index (χ4v) is 1.89. The number of nitrogens with one attached hydrogen (secondary N) is 1. The molecule has 1 aromatic heterocycles. The highest BCUT2D eigenvalue weighted by molar-refractivity contribution is 9.09. The molecule has 0 aromatic carbocycles. The first-order valence-corrected chi connectivity index (χ1v) is 6.89. The van der Waals surface area contributed by atoms with E-state index in [-0.39, 0.29) is 5.56 Å². The van der Waals surface area contributed by atoms with Crippen molar-refractivity contribution in [1.29, 1.82) is 0 Å². The second-order valence-electron chi connectivity index (χ2n) is 3.73. The van der Waals surface area contributed by atoms with Crippen molar-refractivity contribution in [2.75, 3.05) is 18.4 Å². The van der Waals surface area contributed by atoms with Crippen LogP contribution >= 0.6 is 15.9 Å². The van der Waals surface area contributed by atoms with Gasteiger partial charge in [0, 0.05) is 30.7 Å². The lowest BCUT2D eigenvalue weighted by molar-refractivity contribution is 0.562. The first-order valence-electron chi connectivity index (χ1n) is 5.77. The molecule has 1 rings (SSSR count). The van der Waals surface area contributed by atoms with Gasteiger partial charge in [0.2, 0.25) is 0 Å². The van der Waals surface area contributed by atoms with Gasteiger partial charge in [-0.3, -0.25) is 4.79 Å². The van der Waals surface area contributed by atoms with Crippen LogP contribution in [0.25, 0.3) is 0 Å². The molecule has 16 heavy (non-hydrogen) atoms. The molecule has 90 valence electrons. The van der Waals surface area contributed by atoms with E-state index in [0.717, 1.165) is 25.0 Å². The maximum atomic E-state index is 11.4. The normalized spacial score (nSPS) is 10.6. The molecule has 0 aliphatic carbocycles. The Labute approximate surface area is 105 Å². The molecule has 0 radical (unpaired) electrons. The van der Waals surface area contributed by atoms with Crippen LogP contribution in [0.3, 0.4) is 0 Å². The van der Waals surface area contributed by atoms with E-state index in [1.807, 2.05) is 12.3 Å². The molecule has 3 nitrogen and oxygen atoms in total. The summed E-state index contributed by atoms with van der Waals surface area (Å²) in [6.07, 6.45) is 5.52. The Bertz CT molecular complexity index is 338. The highest BCUT2D eigenvalue weighted by Crippen LogP contribution is 1.96. The van der Waals surface area contributed by atoms with Gasteiger partial charge in [0.25, 0.3) is 5.56 Å². The second-order valence-corrected chi connectivity index (χ2v) is 4.52. The molecule has 0 saturated heterocycles.